The molecule has 2 aromatic rings. The minimum atomic E-state index is -3.39. The Labute approximate surface area is 174 Å². The van der Waals surface area contributed by atoms with E-state index in [9.17, 15) is 17.6 Å². The molecule has 4 rings (SSSR count). The fraction of sp³-hybridized carbons (Fsp3) is 0.500. The van der Waals surface area contributed by atoms with Gasteiger partial charge in [-0.1, -0.05) is 18.6 Å². The third kappa shape index (κ3) is 4.51. The van der Waals surface area contributed by atoms with Gasteiger partial charge in [0.05, 0.1) is 18.0 Å². The molecule has 1 aromatic carbocycles. The average Bonchev–Trinajstić information content (AvgIpc) is 3.21. The maximum Gasteiger partial charge on any atom is 0.225 e. The summed E-state index contributed by atoms with van der Waals surface area (Å²) in [6, 6.07) is 5.87. The number of hydrogen-bond donors (Lipinski definition) is 1. The lowest BCUT2D eigenvalue weighted by molar-refractivity contribution is -0.139. The van der Waals surface area contributed by atoms with Gasteiger partial charge >= 0.3 is 0 Å². The first kappa shape index (κ1) is 20.4. The van der Waals surface area contributed by atoms with Crippen molar-refractivity contribution in [3.63, 3.8) is 0 Å². The number of carbonyl (C=O) groups excluding carboxylic acids is 1. The molecular weight excluding hydrogens is 413 g/mol. The third-order valence-electron chi connectivity index (χ3n) is 5.72. The van der Waals surface area contributed by atoms with Gasteiger partial charge in [0.25, 0.3) is 0 Å². The number of aromatic nitrogens is 1. The first-order chi connectivity index (χ1) is 13.8. The Bertz CT molecular complexity index is 1000. The maximum atomic E-state index is 14.1. The smallest absolute Gasteiger partial charge is 0.225 e. The summed E-state index contributed by atoms with van der Waals surface area (Å²) in [4.78, 5) is 19.3. The summed E-state index contributed by atoms with van der Waals surface area (Å²) in [7, 11) is -3.39. The largest absolute Gasteiger partial charge is 0.337 e. The van der Waals surface area contributed by atoms with Crippen molar-refractivity contribution >= 4 is 27.3 Å². The van der Waals surface area contributed by atoms with Crippen molar-refractivity contribution < 1.29 is 17.6 Å². The highest BCUT2D eigenvalue weighted by Gasteiger charge is 2.41. The molecule has 2 fully saturated rings. The summed E-state index contributed by atoms with van der Waals surface area (Å²) in [5.41, 5.74) is 1.19. The topological polar surface area (TPSA) is 79.4 Å². The van der Waals surface area contributed by atoms with Crippen LogP contribution in [0.15, 0.2) is 29.6 Å². The van der Waals surface area contributed by atoms with Gasteiger partial charge in [0.2, 0.25) is 15.9 Å². The van der Waals surface area contributed by atoms with Crippen molar-refractivity contribution in [3.8, 4) is 10.6 Å². The van der Waals surface area contributed by atoms with E-state index in [4.69, 9.17) is 0 Å². The van der Waals surface area contributed by atoms with Crippen LogP contribution in [0.4, 0.5) is 4.39 Å². The lowest BCUT2D eigenvalue weighted by Crippen LogP contribution is -2.49. The number of rotatable bonds is 6. The number of nitrogens with zero attached hydrogens (tertiary/aromatic N) is 2. The fourth-order valence-corrected chi connectivity index (χ4v) is 5.74. The van der Waals surface area contributed by atoms with Crippen molar-refractivity contribution in [3.05, 3.63) is 41.2 Å². The lowest BCUT2D eigenvalue weighted by atomic mass is 9.84. The normalized spacial score (nSPS) is 22.6. The molecule has 2 aliphatic rings. The van der Waals surface area contributed by atoms with Crippen LogP contribution in [0.25, 0.3) is 10.6 Å². The van der Waals surface area contributed by atoms with Crippen LogP contribution in [0.1, 0.15) is 31.4 Å². The van der Waals surface area contributed by atoms with Gasteiger partial charge < -0.3 is 4.90 Å². The Morgan fingerprint density at radius 1 is 1.31 bits per heavy atom. The zero-order valence-corrected chi connectivity index (χ0v) is 17.8. The number of nitrogens with one attached hydrogen (secondary N) is 1. The number of benzene rings is 1. The van der Waals surface area contributed by atoms with Gasteiger partial charge in [-0.15, -0.1) is 11.3 Å². The number of halogens is 1. The summed E-state index contributed by atoms with van der Waals surface area (Å²) >= 11 is 1.35. The molecule has 1 saturated heterocycles. The van der Waals surface area contributed by atoms with Crippen LogP contribution in [0.3, 0.4) is 0 Å². The van der Waals surface area contributed by atoms with Crippen LogP contribution < -0.4 is 4.72 Å². The molecular formula is C20H24FN3O3S2. The van der Waals surface area contributed by atoms with Crippen LogP contribution in [0, 0.1) is 11.7 Å². The number of carbonyl (C=O) groups is 1. The lowest BCUT2D eigenvalue weighted by Gasteiger charge is -2.34. The van der Waals surface area contributed by atoms with E-state index in [-0.39, 0.29) is 29.7 Å². The van der Waals surface area contributed by atoms with Crippen LogP contribution in [-0.2, 0) is 21.2 Å². The Morgan fingerprint density at radius 3 is 2.72 bits per heavy atom. The molecule has 2 atom stereocenters. The third-order valence-corrected chi connectivity index (χ3v) is 7.38. The van der Waals surface area contributed by atoms with E-state index >= 15 is 0 Å². The molecule has 156 valence electrons. The summed E-state index contributed by atoms with van der Waals surface area (Å²) in [5.74, 6) is -0.157. The molecule has 0 radical (unpaired) electrons. The highest BCUT2D eigenvalue weighted by Crippen LogP contribution is 2.33. The number of likely N-dealkylation sites (tertiary alicyclic amines) is 1. The van der Waals surface area contributed by atoms with E-state index in [0.717, 1.165) is 31.2 Å². The predicted octanol–water partition coefficient (Wildman–Crippen LogP) is 2.81. The van der Waals surface area contributed by atoms with E-state index in [1.54, 1.807) is 18.2 Å². The number of hydrogen-bond acceptors (Lipinski definition) is 5. The van der Waals surface area contributed by atoms with Gasteiger partial charge in [0, 0.05) is 35.9 Å². The summed E-state index contributed by atoms with van der Waals surface area (Å²) in [6.45, 7) is 0.539. The molecule has 1 aliphatic heterocycles. The van der Waals surface area contributed by atoms with Crippen molar-refractivity contribution in [1.82, 2.24) is 14.6 Å². The Kier molecular flexibility index (Phi) is 5.72. The van der Waals surface area contributed by atoms with Crippen LogP contribution in [0.5, 0.6) is 0 Å². The van der Waals surface area contributed by atoms with Gasteiger partial charge in [-0.3, -0.25) is 4.79 Å². The number of thiazole rings is 1. The van der Waals surface area contributed by atoms with E-state index in [0.29, 0.717) is 30.0 Å². The predicted molar refractivity (Wildman–Crippen MR) is 110 cm³/mol. The average molecular weight is 438 g/mol. The Morgan fingerprint density at radius 2 is 2.07 bits per heavy atom. The highest BCUT2D eigenvalue weighted by molar-refractivity contribution is 7.88. The molecule has 0 bridgehead atoms. The van der Waals surface area contributed by atoms with Crippen molar-refractivity contribution in [2.75, 3.05) is 12.8 Å². The van der Waals surface area contributed by atoms with Crippen LogP contribution in [-0.4, -0.2) is 49.1 Å². The van der Waals surface area contributed by atoms with Crippen LogP contribution in [0.2, 0.25) is 0 Å². The summed E-state index contributed by atoms with van der Waals surface area (Å²) < 4.78 is 40.4. The molecule has 9 heteroatoms. The molecule has 6 nitrogen and oxygen atoms in total. The Balaban J connectivity index is 1.56. The highest BCUT2D eigenvalue weighted by atomic mass is 32.2. The van der Waals surface area contributed by atoms with Crippen molar-refractivity contribution in [1.29, 1.82) is 0 Å². The second-order valence-corrected chi connectivity index (χ2v) is 10.5. The van der Waals surface area contributed by atoms with Crippen LogP contribution >= 0.6 is 11.3 Å². The van der Waals surface area contributed by atoms with Gasteiger partial charge in [-0.05, 0) is 31.4 Å². The van der Waals surface area contributed by atoms with Gasteiger partial charge in [-0.2, -0.15) is 0 Å². The van der Waals surface area contributed by atoms with Gasteiger partial charge in [0.15, 0.2) is 0 Å². The van der Waals surface area contributed by atoms with Crippen molar-refractivity contribution in [2.45, 2.75) is 44.2 Å². The zero-order chi connectivity index (χ0) is 20.6. The second-order valence-electron chi connectivity index (χ2n) is 7.84. The fourth-order valence-electron chi connectivity index (χ4n) is 4.06. The first-order valence-electron chi connectivity index (χ1n) is 9.79. The molecule has 2 heterocycles. The quantitative estimate of drug-likeness (QED) is 0.754. The monoisotopic (exact) mass is 437 g/mol. The minimum absolute atomic E-state index is 0.0545. The summed E-state index contributed by atoms with van der Waals surface area (Å²) in [5, 5.41) is 2.45. The maximum absolute atomic E-state index is 14.1. The zero-order valence-electron chi connectivity index (χ0n) is 16.2. The minimum Gasteiger partial charge on any atom is -0.337 e. The van der Waals surface area contributed by atoms with E-state index in [1.165, 1.54) is 17.4 Å². The second kappa shape index (κ2) is 8.12. The first-order valence-corrected chi connectivity index (χ1v) is 12.6. The molecule has 1 aliphatic carbocycles. The molecule has 1 N–H and O–H groups in total. The van der Waals surface area contributed by atoms with E-state index in [2.05, 4.69) is 9.71 Å². The SMILES string of the molecule is CS(=O)(=O)NC1CCN(C(=O)C2CCC2)C1Cc1csc(-c2ccccc2F)n1. The molecule has 1 amide bonds. The van der Waals surface area contributed by atoms with Gasteiger partial charge in [0.1, 0.15) is 10.8 Å². The molecule has 0 spiro atoms. The summed E-state index contributed by atoms with van der Waals surface area (Å²) in [6.07, 6.45) is 5.04. The molecule has 2 unspecified atom stereocenters. The van der Waals surface area contributed by atoms with E-state index in [1.807, 2.05) is 10.3 Å². The van der Waals surface area contributed by atoms with Gasteiger partial charge in [-0.25, -0.2) is 22.5 Å². The molecule has 29 heavy (non-hydrogen) atoms. The number of sulfonamides is 1. The molecule has 1 saturated carbocycles. The standard InChI is InChI=1S/C20H24FN3O3S2/c1-29(26,27)23-17-9-10-24(20(25)13-5-4-6-13)18(17)11-14-12-28-19(22-14)15-7-2-3-8-16(15)21/h2-3,7-8,12-13,17-18,23H,4-6,9-11H2,1H3. The van der Waals surface area contributed by atoms with E-state index < -0.39 is 10.0 Å². The van der Waals surface area contributed by atoms with Crippen molar-refractivity contribution in [2.24, 2.45) is 5.92 Å². The molecule has 1 aromatic heterocycles. The number of amides is 1. The Hall–Kier alpha value is -1.84.